The molecule has 0 aliphatic carbocycles. The maximum absolute atomic E-state index is 12.5. The first-order chi connectivity index (χ1) is 12.8. The quantitative estimate of drug-likeness (QED) is 0.786. The standard InChI is InChI=1S/C21H27N3O3/c1-14-8-6-9-15(2)20(14)23-19(25)13-24(4)16(3)21(26)22-17-10-7-11-18(12-17)27-5/h6-12,16H,13H2,1-5H3,(H,22,26)(H,23,25)/t16-/m1/s1. The number of likely N-dealkylation sites (N-methyl/N-ethyl adjacent to an activating group) is 1. The van der Waals surface area contributed by atoms with Crippen LogP contribution >= 0.6 is 0 Å². The highest BCUT2D eigenvalue weighted by Gasteiger charge is 2.21. The first-order valence-corrected chi connectivity index (χ1v) is 8.83. The number of carbonyl (C=O) groups is 2. The number of methoxy groups -OCH3 is 1. The zero-order valence-corrected chi connectivity index (χ0v) is 16.5. The Balaban J connectivity index is 1.94. The van der Waals surface area contributed by atoms with Crippen LogP contribution in [0.5, 0.6) is 5.75 Å². The van der Waals surface area contributed by atoms with E-state index in [1.807, 2.05) is 38.1 Å². The number of para-hydroxylation sites is 1. The van der Waals surface area contributed by atoms with E-state index in [0.717, 1.165) is 16.8 Å². The number of hydrogen-bond acceptors (Lipinski definition) is 4. The van der Waals surface area contributed by atoms with E-state index in [1.54, 1.807) is 44.2 Å². The van der Waals surface area contributed by atoms with Gasteiger partial charge in [0, 0.05) is 17.4 Å². The van der Waals surface area contributed by atoms with Gasteiger partial charge in [0.2, 0.25) is 11.8 Å². The number of anilines is 2. The largest absolute Gasteiger partial charge is 0.497 e. The van der Waals surface area contributed by atoms with Crippen LogP contribution in [0, 0.1) is 13.8 Å². The van der Waals surface area contributed by atoms with Gasteiger partial charge in [-0.25, -0.2) is 0 Å². The fraction of sp³-hybridized carbons (Fsp3) is 0.333. The fourth-order valence-electron chi connectivity index (χ4n) is 2.70. The van der Waals surface area contributed by atoms with Gasteiger partial charge in [-0.3, -0.25) is 14.5 Å². The highest BCUT2D eigenvalue weighted by molar-refractivity contribution is 5.96. The molecule has 0 aliphatic heterocycles. The number of hydrogen-bond donors (Lipinski definition) is 2. The lowest BCUT2D eigenvalue weighted by Crippen LogP contribution is -2.43. The zero-order valence-electron chi connectivity index (χ0n) is 16.5. The molecule has 0 bridgehead atoms. The number of amides is 2. The average Bonchev–Trinajstić information content (AvgIpc) is 2.64. The molecule has 2 rings (SSSR count). The number of nitrogens with zero attached hydrogens (tertiary/aromatic N) is 1. The van der Waals surface area contributed by atoms with Gasteiger partial charge in [0.15, 0.2) is 0 Å². The molecule has 0 fully saturated rings. The fourth-order valence-corrected chi connectivity index (χ4v) is 2.70. The van der Waals surface area contributed by atoms with Gasteiger partial charge in [-0.15, -0.1) is 0 Å². The average molecular weight is 369 g/mol. The Morgan fingerprint density at radius 1 is 1.07 bits per heavy atom. The second-order valence-electron chi connectivity index (χ2n) is 6.63. The molecule has 0 aliphatic rings. The van der Waals surface area contributed by atoms with Crippen molar-refractivity contribution in [1.82, 2.24) is 4.90 Å². The van der Waals surface area contributed by atoms with Crippen molar-refractivity contribution >= 4 is 23.2 Å². The van der Waals surface area contributed by atoms with E-state index < -0.39 is 6.04 Å². The number of aryl methyl sites for hydroxylation is 2. The third-order valence-corrected chi connectivity index (χ3v) is 4.52. The van der Waals surface area contributed by atoms with Gasteiger partial charge in [0.1, 0.15) is 5.75 Å². The molecule has 0 saturated heterocycles. The molecule has 144 valence electrons. The highest BCUT2D eigenvalue weighted by Crippen LogP contribution is 2.20. The van der Waals surface area contributed by atoms with E-state index in [1.165, 1.54) is 0 Å². The lowest BCUT2D eigenvalue weighted by Gasteiger charge is -2.23. The summed E-state index contributed by atoms with van der Waals surface area (Å²) in [5.41, 5.74) is 3.49. The summed E-state index contributed by atoms with van der Waals surface area (Å²) in [6, 6.07) is 12.5. The molecule has 27 heavy (non-hydrogen) atoms. The molecule has 2 aromatic carbocycles. The molecule has 6 heteroatoms. The molecule has 0 unspecified atom stereocenters. The minimum atomic E-state index is -0.472. The van der Waals surface area contributed by atoms with Crippen molar-refractivity contribution in [2.45, 2.75) is 26.8 Å². The Morgan fingerprint density at radius 3 is 2.33 bits per heavy atom. The SMILES string of the molecule is COc1cccc(NC(=O)[C@@H](C)N(C)CC(=O)Nc2c(C)cccc2C)c1. The molecule has 0 heterocycles. The number of benzene rings is 2. The third-order valence-electron chi connectivity index (χ3n) is 4.52. The molecule has 1 atom stereocenters. The second kappa shape index (κ2) is 9.19. The topological polar surface area (TPSA) is 70.7 Å². The Labute approximate surface area is 160 Å². The minimum Gasteiger partial charge on any atom is -0.497 e. The van der Waals surface area contributed by atoms with Gasteiger partial charge >= 0.3 is 0 Å². The lowest BCUT2D eigenvalue weighted by atomic mass is 10.1. The first-order valence-electron chi connectivity index (χ1n) is 8.83. The van der Waals surface area contributed by atoms with Crippen LogP contribution in [0.3, 0.4) is 0 Å². The van der Waals surface area contributed by atoms with Gasteiger partial charge < -0.3 is 15.4 Å². The lowest BCUT2D eigenvalue weighted by molar-refractivity contribution is -0.122. The van der Waals surface area contributed by atoms with Crippen molar-refractivity contribution in [2.75, 3.05) is 31.3 Å². The van der Waals surface area contributed by atoms with Crippen LogP contribution in [0.25, 0.3) is 0 Å². The molecule has 2 N–H and O–H groups in total. The molecule has 0 aromatic heterocycles. The van der Waals surface area contributed by atoms with Crippen LogP contribution in [-0.2, 0) is 9.59 Å². The molecule has 0 radical (unpaired) electrons. The summed E-state index contributed by atoms with van der Waals surface area (Å²) in [6.07, 6.45) is 0. The second-order valence-corrected chi connectivity index (χ2v) is 6.63. The van der Waals surface area contributed by atoms with Gasteiger partial charge in [-0.1, -0.05) is 24.3 Å². The molecule has 6 nitrogen and oxygen atoms in total. The maximum Gasteiger partial charge on any atom is 0.241 e. The van der Waals surface area contributed by atoms with E-state index >= 15 is 0 Å². The van der Waals surface area contributed by atoms with Crippen molar-refractivity contribution in [2.24, 2.45) is 0 Å². The maximum atomic E-state index is 12.5. The molecular formula is C21H27N3O3. The highest BCUT2D eigenvalue weighted by atomic mass is 16.5. The van der Waals surface area contributed by atoms with Crippen LogP contribution < -0.4 is 15.4 Å². The third kappa shape index (κ3) is 5.56. The predicted molar refractivity (Wildman–Crippen MR) is 108 cm³/mol. The first kappa shape index (κ1) is 20.5. The van der Waals surface area contributed by atoms with E-state index in [4.69, 9.17) is 4.74 Å². The van der Waals surface area contributed by atoms with E-state index in [0.29, 0.717) is 11.4 Å². The van der Waals surface area contributed by atoms with Crippen molar-refractivity contribution in [3.63, 3.8) is 0 Å². The molecule has 2 aromatic rings. The summed E-state index contributed by atoms with van der Waals surface area (Å²) in [5.74, 6) is 0.323. The van der Waals surface area contributed by atoms with Crippen molar-refractivity contribution < 1.29 is 14.3 Å². The minimum absolute atomic E-state index is 0.112. The molecule has 0 spiro atoms. The van der Waals surface area contributed by atoms with Gasteiger partial charge in [-0.2, -0.15) is 0 Å². The number of ether oxygens (including phenoxy) is 1. The van der Waals surface area contributed by atoms with Crippen molar-refractivity contribution in [3.8, 4) is 5.75 Å². The normalized spacial score (nSPS) is 11.8. The van der Waals surface area contributed by atoms with Crippen LogP contribution in [0.2, 0.25) is 0 Å². The number of carbonyl (C=O) groups excluding carboxylic acids is 2. The molecule has 0 saturated carbocycles. The van der Waals surface area contributed by atoms with Gasteiger partial charge in [0.25, 0.3) is 0 Å². The van der Waals surface area contributed by atoms with E-state index in [2.05, 4.69) is 10.6 Å². The summed E-state index contributed by atoms with van der Waals surface area (Å²) >= 11 is 0. The number of nitrogens with one attached hydrogen (secondary N) is 2. The van der Waals surface area contributed by atoms with Gasteiger partial charge in [-0.05, 0) is 51.1 Å². The van der Waals surface area contributed by atoms with Crippen LogP contribution in [0.4, 0.5) is 11.4 Å². The van der Waals surface area contributed by atoms with Crippen molar-refractivity contribution in [1.29, 1.82) is 0 Å². The van der Waals surface area contributed by atoms with E-state index in [9.17, 15) is 9.59 Å². The Bertz CT molecular complexity index is 800. The Morgan fingerprint density at radius 2 is 1.70 bits per heavy atom. The zero-order chi connectivity index (χ0) is 20.0. The van der Waals surface area contributed by atoms with Crippen LogP contribution in [-0.4, -0.2) is 43.5 Å². The Kier molecular flexibility index (Phi) is 6.96. The van der Waals surface area contributed by atoms with Gasteiger partial charge in [0.05, 0.1) is 19.7 Å². The summed E-state index contributed by atoms with van der Waals surface area (Å²) in [7, 11) is 3.33. The van der Waals surface area contributed by atoms with Crippen molar-refractivity contribution in [3.05, 3.63) is 53.6 Å². The van der Waals surface area contributed by atoms with E-state index in [-0.39, 0.29) is 18.4 Å². The Hall–Kier alpha value is -2.86. The summed E-state index contributed by atoms with van der Waals surface area (Å²) < 4.78 is 5.16. The summed E-state index contributed by atoms with van der Waals surface area (Å²) in [4.78, 5) is 26.6. The van der Waals surface area contributed by atoms with Crippen LogP contribution in [0.15, 0.2) is 42.5 Å². The smallest absolute Gasteiger partial charge is 0.241 e. The predicted octanol–water partition coefficient (Wildman–Crippen LogP) is 3.21. The van der Waals surface area contributed by atoms with Crippen LogP contribution in [0.1, 0.15) is 18.1 Å². The monoisotopic (exact) mass is 369 g/mol. The molecular weight excluding hydrogens is 342 g/mol. The number of rotatable bonds is 7. The summed E-state index contributed by atoms with van der Waals surface area (Å²) in [6.45, 7) is 5.79. The summed E-state index contributed by atoms with van der Waals surface area (Å²) in [5, 5.41) is 5.79. The molecule has 2 amide bonds.